The fraction of sp³-hybridized carbons (Fsp3) is 0.350. The molecule has 0 radical (unpaired) electrons. The lowest BCUT2D eigenvalue weighted by molar-refractivity contribution is -0.187. The molecule has 1 aliphatic heterocycles. The molecule has 2 nitrogen and oxygen atoms in total. The molecule has 1 saturated heterocycles. The van der Waals surface area contributed by atoms with Gasteiger partial charge in [0.1, 0.15) is 0 Å². The van der Waals surface area contributed by atoms with Crippen LogP contribution in [0, 0.1) is 17.2 Å². The van der Waals surface area contributed by atoms with Crippen molar-refractivity contribution in [2.24, 2.45) is 5.92 Å². The van der Waals surface area contributed by atoms with Gasteiger partial charge >= 0.3 is 6.18 Å². The number of nitriles is 1. The first-order valence-electron chi connectivity index (χ1n) is 8.35. The lowest BCUT2D eigenvalue weighted by Crippen LogP contribution is -2.41. The summed E-state index contributed by atoms with van der Waals surface area (Å²) in [6.07, 6.45) is -3.30. The van der Waals surface area contributed by atoms with Gasteiger partial charge in [-0.1, -0.05) is 42.5 Å². The largest absolute Gasteiger partial charge is 0.393 e. The zero-order chi connectivity index (χ0) is 17.9. The summed E-state index contributed by atoms with van der Waals surface area (Å²) in [5.74, 6) is -1.22. The van der Waals surface area contributed by atoms with Crippen LogP contribution < -0.4 is 0 Å². The Hall–Kier alpha value is -2.32. The van der Waals surface area contributed by atoms with E-state index < -0.39 is 12.1 Å². The summed E-state index contributed by atoms with van der Waals surface area (Å²) in [4.78, 5) is 1.87. The third-order valence-corrected chi connectivity index (χ3v) is 4.69. The predicted molar refractivity (Wildman–Crippen MR) is 90.6 cm³/mol. The van der Waals surface area contributed by atoms with Gasteiger partial charge in [0.05, 0.1) is 17.6 Å². The molecule has 5 heteroatoms. The fourth-order valence-corrected chi connectivity index (χ4v) is 3.35. The Morgan fingerprint density at radius 2 is 1.80 bits per heavy atom. The number of likely N-dealkylation sites (tertiary alicyclic amines) is 1. The van der Waals surface area contributed by atoms with Gasteiger partial charge in [0, 0.05) is 13.1 Å². The number of rotatable bonds is 3. The fourth-order valence-electron chi connectivity index (χ4n) is 3.35. The third kappa shape index (κ3) is 4.21. The number of piperidine rings is 1. The number of benzene rings is 2. The molecule has 1 heterocycles. The van der Waals surface area contributed by atoms with E-state index in [-0.39, 0.29) is 13.0 Å². The highest BCUT2D eigenvalue weighted by molar-refractivity contribution is 5.70. The number of alkyl halides is 3. The van der Waals surface area contributed by atoms with Gasteiger partial charge in [-0.2, -0.15) is 18.4 Å². The zero-order valence-electron chi connectivity index (χ0n) is 13.8. The molecule has 0 amide bonds. The molecular formula is C20H19F3N2. The van der Waals surface area contributed by atoms with E-state index in [0.717, 1.165) is 16.7 Å². The highest BCUT2D eigenvalue weighted by Gasteiger charge is 2.41. The van der Waals surface area contributed by atoms with Gasteiger partial charge in [0.25, 0.3) is 0 Å². The predicted octanol–water partition coefficient (Wildman–Crippen LogP) is 5.00. The Balaban J connectivity index is 1.70. The normalized spacial score (nSPS) is 18.7. The summed E-state index contributed by atoms with van der Waals surface area (Å²) in [5.41, 5.74) is 3.40. The summed E-state index contributed by atoms with van der Waals surface area (Å²) in [7, 11) is 0. The van der Waals surface area contributed by atoms with Gasteiger partial charge in [-0.3, -0.25) is 4.90 Å². The topological polar surface area (TPSA) is 27.0 Å². The van der Waals surface area contributed by atoms with Crippen molar-refractivity contribution < 1.29 is 13.2 Å². The van der Waals surface area contributed by atoms with Crippen molar-refractivity contribution in [1.82, 2.24) is 4.90 Å². The van der Waals surface area contributed by atoms with E-state index in [1.807, 2.05) is 47.4 Å². The van der Waals surface area contributed by atoms with Crippen LogP contribution in [0.2, 0.25) is 0 Å². The molecule has 0 bridgehead atoms. The first-order chi connectivity index (χ1) is 12.0. The summed E-state index contributed by atoms with van der Waals surface area (Å²) < 4.78 is 38.7. The zero-order valence-corrected chi connectivity index (χ0v) is 13.8. The Morgan fingerprint density at radius 1 is 1.08 bits per heavy atom. The van der Waals surface area contributed by atoms with Crippen molar-refractivity contribution in [3.05, 3.63) is 59.7 Å². The number of hydrogen-bond acceptors (Lipinski definition) is 2. The van der Waals surface area contributed by atoms with E-state index in [2.05, 4.69) is 6.07 Å². The molecule has 0 saturated carbocycles. The average Bonchev–Trinajstić information content (AvgIpc) is 2.62. The molecule has 0 N–H and O–H groups in total. The number of hydrogen-bond donors (Lipinski definition) is 0. The molecule has 0 aromatic heterocycles. The minimum atomic E-state index is -4.11. The van der Waals surface area contributed by atoms with Crippen LogP contribution in [0.3, 0.4) is 0 Å². The molecule has 0 unspecified atom stereocenters. The van der Waals surface area contributed by atoms with Crippen LogP contribution in [0.5, 0.6) is 0 Å². The van der Waals surface area contributed by atoms with Crippen molar-refractivity contribution in [3.8, 4) is 17.2 Å². The van der Waals surface area contributed by atoms with Crippen LogP contribution in [-0.4, -0.2) is 24.2 Å². The molecule has 2 aromatic rings. The standard InChI is InChI=1S/C20H19F3N2/c21-20(22,23)18-5-3-11-25(14-18)13-15-7-9-16(10-8-15)19-6-2-1-4-17(19)12-24/h1-2,4,6-10,18H,3,5,11,13-14H2/t18-/m1/s1. The molecule has 0 aliphatic carbocycles. The monoisotopic (exact) mass is 344 g/mol. The first-order valence-corrected chi connectivity index (χ1v) is 8.35. The van der Waals surface area contributed by atoms with Gasteiger partial charge in [0.15, 0.2) is 0 Å². The summed E-state index contributed by atoms with van der Waals surface area (Å²) >= 11 is 0. The van der Waals surface area contributed by atoms with Crippen molar-refractivity contribution in [2.75, 3.05) is 13.1 Å². The maximum atomic E-state index is 12.9. The summed E-state index contributed by atoms with van der Waals surface area (Å²) in [6, 6.07) is 17.3. The van der Waals surface area contributed by atoms with E-state index in [0.29, 0.717) is 25.1 Å². The molecular weight excluding hydrogens is 325 g/mol. The van der Waals surface area contributed by atoms with E-state index >= 15 is 0 Å². The second-order valence-corrected chi connectivity index (χ2v) is 6.47. The van der Waals surface area contributed by atoms with Crippen LogP contribution in [0.25, 0.3) is 11.1 Å². The molecule has 3 rings (SSSR count). The number of halogens is 3. The van der Waals surface area contributed by atoms with Crippen molar-refractivity contribution >= 4 is 0 Å². The molecule has 130 valence electrons. The quantitative estimate of drug-likeness (QED) is 0.783. The molecule has 1 fully saturated rings. The number of nitrogens with zero attached hydrogens (tertiary/aromatic N) is 2. The molecule has 1 aliphatic rings. The smallest absolute Gasteiger partial charge is 0.298 e. The van der Waals surface area contributed by atoms with Gasteiger partial charge in [-0.05, 0) is 42.1 Å². The maximum Gasteiger partial charge on any atom is 0.393 e. The highest BCUT2D eigenvalue weighted by Crippen LogP contribution is 2.33. The third-order valence-electron chi connectivity index (χ3n) is 4.69. The second-order valence-electron chi connectivity index (χ2n) is 6.47. The van der Waals surface area contributed by atoms with E-state index in [1.54, 1.807) is 6.07 Å². The average molecular weight is 344 g/mol. The van der Waals surface area contributed by atoms with Crippen molar-refractivity contribution in [3.63, 3.8) is 0 Å². The molecule has 1 atom stereocenters. The first kappa shape index (κ1) is 17.5. The Labute approximate surface area is 145 Å². The Kier molecular flexibility index (Phi) is 5.10. The van der Waals surface area contributed by atoms with Gasteiger partial charge in [0.2, 0.25) is 0 Å². The van der Waals surface area contributed by atoms with E-state index in [1.165, 1.54) is 0 Å². The highest BCUT2D eigenvalue weighted by atomic mass is 19.4. The Bertz CT molecular complexity index is 760. The molecule has 25 heavy (non-hydrogen) atoms. The van der Waals surface area contributed by atoms with Gasteiger partial charge < -0.3 is 0 Å². The summed E-state index contributed by atoms with van der Waals surface area (Å²) in [5, 5.41) is 9.19. The van der Waals surface area contributed by atoms with E-state index in [4.69, 9.17) is 0 Å². The van der Waals surface area contributed by atoms with Gasteiger partial charge in [-0.15, -0.1) is 0 Å². The van der Waals surface area contributed by atoms with Crippen molar-refractivity contribution in [2.45, 2.75) is 25.6 Å². The van der Waals surface area contributed by atoms with Crippen LogP contribution in [-0.2, 0) is 6.54 Å². The van der Waals surface area contributed by atoms with Crippen LogP contribution >= 0.6 is 0 Å². The summed E-state index contributed by atoms with van der Waals surface area (Å²) in [6.45, 7) is 1.29. The van der Waals surface area contributed by atoms with Crippen molar-refractivity contribution in [1.29, 1.82) is 5.26 Å². The van der Waals surface area contributed by atoms with E-state index in [9.17, 15) is 18.4 Å². The van der Waals surface area contributed by atoms with Crippen LogP contribution in [0.4, 0.5) is 13.2 Å². The lowest BCUT2D eigenvalue weighted by atomic mass is 9.96. The minimum absolute atomic E-state index is 0.0719. The molecule has 2 aromatic carbocycles. The van der Waals surface area contributed by atoms with Gasteiger partial charge in [-0.25, -0.2) is 0 Å². The van der Waals surface area contributed by atoms with Crippen LogP contribution in [0.15, 0.2) is 48.5 Å². The molecule has 0 spiro atoms. The van der Waals surface area contributed by atoms with Crippen LogP contribution in [0.1, 0.15) is 24.0 Å². The maximum absolute atomic E-state index is 12.9. The lowest BCUT2D eigenvalue weighted by Gasteiger charge is -2.33. The second kappa shape index (κ2) is 7.28. The Morgan fingerprint density at radius 3 is 2.48 bits per heavy atom. The minimum Gasteiger partial charge on any atom is -0.298 e. The SMILES string of the molecule is N#Cc1ccccc1-c1ccc(CN2CCC[C@@H](C(F)(F)F)C2)cc1.